The van der Waals surface area contributed by atoms with Crippen molar-refractivity contribution < 1.29 is 13.5 Å². The average molecular weight is 306 g/mol. The lowest BCUT2D eigenvalue weighted by Gasteiger charge is -2.14. The lowest BCUT2D eigenvalue weighted by atomic mass is 10.1. The molecule has 6 heteroatoms. The number of nitrogens with one attached hydrogen (secondary N) is 1. The van der Waals surface area contributed by atoms with Crippen LogP contribution in [0.3, 0.4) is 0 Å². The van der Waals surface area contributed by atoms with Gasteiger partial charge in [-0.05, 0) is 31.0 Å². The van der Waals surface area contributed by atoms with Gasteiger partial charge in [0.25, 0.3) is 10.0 Å². The first kappa shape index (κ1) is 15.6. The fourth-order valence-corrected chi connectivity index (χ4v) is 3.04. The van der Waals surface area contributed by atoms with Gasteiger partial charge in [0, 0.05) is 12.2 Å². The highest BCUT2D eigenvalue weighted by atomic mass is 32.2. The summed E-state index contributed by atoms with van der Waals surface area (Å²) >= 11 is 0. The summed E-state index contributed by atoms with van der Waals surface area (Å²) in [5.41, 5.74) is 2.58. The molecule has 112 valence electrons. The number of aryl methyl sites for hydroxylation is 1. The molecule has 0 aliphatic heterocycles. The zero-order chi connectivity index (χ0) is 15.5. The average Bonchev–Trinajstić information content (AvgIpc) is 2.47. The van der Waals surface area contributed by atoms with Crippen LogP contribution in [0, 0.1) is 6.92 Å². The van der Waals surface area contributed by atoms with E-state index in [0.717, 1.165) is 11.1 Å². The number of aliphatic hydroxyl groups is 1. The van der Waals surface area contributed by atoms with Crippen molar-refractivity contribution in [3.05, 3.63) is 59.3 Å². The Labute approximate surface area is 124 Å². The second-order valence-corrected chi connectivity index (χ2v) is 6.58. The van der Waals surface area contributed by atoms with E-state index in [1.54, 1.807) is 6.92 Å². The van der Waals surface area contributed by atoms with Gasteiger partial charge in [0.15, 0.2) is 5.03 Å². The van der Waals surface area contributed by atoms with E-state index < -0.39 is 10.0 Å². The maximum absolute atomic E-state index is 12.2. The van der Waals surface area contributed by atoms with Crippen LogP contribution in [-0.2, 0) is 16.6 Å². The second-order valence-electron chi connectivity index (χ2n) is 4.92. The minimum Gasteiger partial charge on any atom is -0.392 e. The monoisotopic (exact) mass is 306 g/mol. The minimum absolute atomic E-state index is 0.0568. The van der Waals surface area contributed by atoms with Crippen molar-refractivity contribution in [3.8, 4) is 0 Å². The molecule has 0 saturated carbocycles. The van der Waals surface area contributed by atoms with Gasteiger partial charge in [0.2, 0.25) is 0 Å². The number of aliphatic hydroxyl groups excluding tert-OH is 1. The van der Waals surface area contributed by atoms with Crippen molar-refractivity contribution in [1.82, 2.24) is 9.71 Å². The molecule has 0 bridgehead atoms. The first-order valence-corrected chi connectivity index (χ1v) is 8.05. The quantitative estimate of drug-likeness (QED) is 0.884. The molecule has 1 heterocycles. The molecular weight excluding hydrogens is 288 g/mol. The maximum Gasteiger partial charge on any atom is 0.258 e. The third-order valence-corrected chi connectivity index (χ3v) is 4.62. The largest absolute Gasteiger partial charge is 0.392 e. The molecule has 0 aliphatic carbocycles. The number of pyridine rings is 1. The topological polar surface area (TPSA) is 79.3 Å². The third-order valence-electron chi connectivity index (χ3n) is 3.16. The first-order chi connectivity index (χ1) is 9.92. The van der Waals surface area contributed by atoms with Gasteiger partial charge < -0.3 is 5.11 Å². The predicted molar refractivity (Wildman–Crippen MR) is 80.1 cm³/mol. The Kier molecular flexibility index (Phi) is 4.72. The van der Waals surface area contributed by atoms with Gasteiger partial charge in [-0.2, -0.15) is 0 Å². The van der Waals surface area contributed by atoms with Gasteiger partial charge in [-0.15, -0.1) is 0 Å². The van der Waals surface area contributed by atoms with Crippen molar-refractivity contribution in [2.45, 2.75) is 31.5 Å². The normalized spacial score (nSPS) is 13.1. The van der Waals surface area contributed by atoms with Crippen LogP contribution in [0.4, 0.5) is 0 Å². The van der Waals surface area contributed by atoms with E-state index in [0.29, 0.717) is 5.56 Å². The molecule has 2 aromatic rings. The molecule has 21 heavy (non-hydrogen) atoms. The Balaban J connectivity index is 2.17. The molecule has 0 radical (unpaired) electrons. The van der Waals surface area contributed by atoms with Gasteiger partial charge in [-0.3, -0.25) is 0 Å². The Morgan fingerprint density at radius 3 is 2.38 bits per heavy atom. The molecule has 1 unspecified atom stereocenters. The summed E-state index contributed by atoms with van der Waals surface area (Å²) in [6.45, 7) is 3.59. The number of sulfonamides is 1. The standard InChI is InChI=1S/C15H18N2O3S/c1-11-3-6-14(7-4-11)12(2)17-21(19,20)15-8-5-13(10-18)9-16-15/h3-9,12,17-18H,10H2,1-2H3. The minimum atomic E-state index is -3.69. The van der Waals surface area contributed by atoms with Crippen LogP contribution in [0.2, 0.25) is 0 Å². The van der Waals surface area contributed by atoms with Gasteiger partial charge >= 0.3 is 0 Å². The molecule has 1 atom stereocenters. The Hall–Kier alpha value is -1.76. The summed E-state index contributed by atoms with van der Waals surface area (Å²) in [5.74, 6) is 0. The highest BCUT2D eigenvalue weighted by Crippen LogP contribution is 2.16. The van der Waals surface area contributed by atoms with Crippen molar-refractivity contribution in [2.24, 2.45) is 0 Å². The number of rotatable bonds is 5. The van der Waals surface area contributed by atoms with Gasteiger partial charge in [-0.1, -0.05) is 35.9 Å². The lowest BCUT2D eigenvalue weighted by Crippen LogP contribution is -2.27. The number of hydrogen-bond acceptors (Lipinski definition) is 4. The fraction of sp³-hybridized carbons (Fsp3) is 0.267. The number of aromatic nitrogens is 1. The van der Waals surface area contributed by atoms with Crippen molar-refractivity contribution in [3.63, 3.8) is 0 Å². The van der Waals surface area contributed by atoms with E-state index in [4.69, 9.17) is 5.11 Å². The maximum atomic E-state index is 12.2. The summed E-state index contributed by atoms with van der Waals surface area (Å²) < 4.78 is 27.1. The molecule has 0 spiro atoms. The Bertz CT molecular complexity index is 695. The van der Waals surface area contributed by atoms with Gasteiger partial charge in [-0.25, -0.2) is 18.1 Å². The summed E-state index contributed by atoms with van der Waals surface area (Å²) in [6, 6.07) is 10.2. The highest BCUT2D eigenvalue weighted by molar-refractivity contribution is 7.89. The molecule has 0 fully saturated rings. The fourth-order valence-electron chi connectivity index (χ4n) is 1.88. The lowest BCUT2D eigenvalue weighted by molar-refractivity contribution is 0.281. The third kappa shape index (κ3) is 3.87. The smallest absolute Gasteiger partial charge is 0.258 e. The van der Waals surface area contributed by atoms with E-state index in [2.05, 4.69) is 9.71 Å². The summed E-state index contributed by atoms with van der Waals surface area (Å²) in [6.07, 6.45) is 1.35. The molecule has 2 N–H and O–H groups in total. The van der Waals surface area contributed by atoms with Crippen LogP contribution in [0.25, 0.3) is 0 Å². The van der Waals surface area contributed by atoms with E-state index in [1.165, 1.54) is 18.3 Å². The molecular formula is C15H18N2O3S. The predicted octanol–water partition coefficient (Wildman–Crippen LogP) is 1.92. The van der Waals surface area contributed by atoms with Crippen LogP contribution in [0.5, 0.6) is 0 Å². The van der Waals surface area contributed by atoms with Crippen LogP contribution in [0.1, 0.15) is 29.7 Å². The summed E-state index contributed by atoms with van der Waals surface area (Å²) in [4.78, 5) is 3.87. The molecule has 2 rings (SSSR count). The molecule has 1 aromatic heterocycles. The van der Waals surface area contributed by atoms with Gasteiger partial charge in [0.1, 0.15) is 0 Å². The summed E-state index contributed by atoms with van der Waals surface area (Å²) in [5, 5.41) is 8.89. The second kappa shape index (κ2) is 6.34. The van der Waals surface area contributed by atoms with Gasteiger partial charge in [0.05, 0.1) is 6.61 Å². The molecule has 0 aliphatic rings. The SMILES string of the molecule is Cc1ccc(C(C)NS(=O)(=O)c2ccc(CO)cn2)cc1. The van der Waals surface area contributed by atoms with Crippen molar-refractivity contribution >= 4 is 10.0 Å². The zero-order valence-electron chi connectivity index (χ0n) is 11.9. The first-order valence-electron chi connectivity index (χ1n) is 6.57. The number of nitrogens with zero attached hydrogens (tertiary/aromatic N) is 1. The van der Waals surface area contributed by atoms with Crippen LogP contribution >= 0.6 is 0 Å². The molecule has 1 aromatic carbocycles. The number of benzene rings is 1. The Morgan fingerprint density at radius 1 is 1.19 bits per heavy atom. The summed E-state index contributed by atoms with van der Waals surface area (Å²) in [7, 11) is -3.69. The highest BCUT2D eigenvalue weighted by Gasteiger charge is 2.19. The van der Waals surface area contributed by atoms with E-state index in [9.17, 15) is 8.42 Å². The Morgan fingerprint density at radius 2 is 1.86 bits per heavy atom. The van der Waals surface area contributed by atoms with Crippen LogP contribution < -0.4 is 4.72 Å². The molecule has 0 amide bonds. The van der Waals surface area contributed by atoms with E-state index in [-0.39, 0.29) is 17.7 Å². The van der Waals surface area contributed by atoms with Crippen molar-refractivity contribution in [1.29, 1.82) is 0 Å². The molecule has 0 saturated heterocycles. The van der Waals surface area contributed by atoms with E-state index >= 15 is 0 Å². The molecule has 5 nitrogen and oxygen atoms in total. The van der Waals surface area contributed by atoms with Crippen molar-refractivity contribution in [2.75, 3.05) is 0 Å². The van der Waals surface area contributed by atoms with Crippen LogP contribution in [0.15, 0.2) is 47.6 Å². The van der Waals surface area contributed by atoms with Crippen LogP contribution in [-0.4, -0.2) is 18.5 Å². The van der Waals surface area contributed by atoms with E-state index in [1.807, 2.05) is 31.2 Å². The number of hydrogen-bond donors (Lipinski definition) is 2. The zero-order valence-corrected chi connectivity index (χ0v) is 12.8.